The van der Waals surface area contributed by atoms with Gasteiger partial charge in [-0.05, 0) is 25.7 Å². The Kier molecular flexibility index (Phi) is 7.29. The molecule has 7 nitrogen and oxygen atoms in total. The van der Waals surface area contributed by atoms with Gasteiger partial charge in [-0.3, -0.25) is 4.90 Å². The third-order valence-electron chi connectivity index (χ3n) is 7.48. The number of nitrogens with one attached hydrogen (secondary N) is 1. The minimum absolute atomic E-state index is 0.0867. The van der Waals surface area contributed by atoms with Gasteiger partial charge in [-0.15, -0.1) is 0 Å². The van der Waals surface area contributed by atoms with Crippen LogP contribution in [-0.4, -0.2) is 70.5 Å². The van der Waals surface area contributed by atoms with E-state index in [1.807, 2.05) is 6.20 Å². The van der Waals surface area contributed by atoms with Crippen molar-refractivity contribution in [2.45, 2.75) is 88.6 Å². The second-order valence-electron chi connectivity index (χ2n) is 10.2. The molecular weight excluding hydrogens is 459 g/mol. The van der Waals surface area contributed by atoms with E-state index in [0.717, 1.165) is 81.3 Å². The number of anilines is 1. The van der Waals surface area contributed by atoms with Crippen LogP contribution in [-0.2, 0) is 4.74 Å². The third-order valence-corrected chi connectivity index (χ3v) is 7.48. The molecule has 1 aliphatic heterocycles. The second kappa shape index (κ2) is 10.4. The van der Waals surface area contributed by atoms with Gasteiger partial charge in [0, 0.05) is 56.0 Å². The molecule has 0 spiro atoms. The molecule has 0 amide bonds. The summed E-state index contributed by atoms with van der Waals surface area (Å²) in [5, 5.41) is 3.56. The summed E-state index contributed by atoms with van der Waals surface area (Å²) in [4.78, 5) is 16.2. The SMILES string of the molecule is C[C@@H](CC(F)(F)F)Nc1ncc2c(OC3CC(N4CCOCC4)C3)ncc(C3CCCCC3)c2n1. The molecule has 0 radical (unpaired) electrons. The van der Waals surface area contributed by atoms with Crippen LogP contribution in [0.3, 0.4) is 0 Å². The Morgan fingerprint density at radius 3 is 2.57 bits per heavy atom. The zero-order chi connectivity index (χ0) is 24.4. The molecular formula is C25H34F3N5O2. The van der Waals surface area contributed by atoms with Crippen molar-refractivity contribution in [1.29, 1.82) is 0 Å². The normalized spacial score (nSPS) is 25.3. The fraction of sp³-hybridized carbons (Fsp3) is 0.720. The number of halogens is 3. The van der Waals surface area contributed by atoms with Crippen LogP contribution in [0.5, 0.6) is 5.88 Å². The number of hydrogen-bond acceptors (Lipinski definition) is 7. The molecule has 3 heterocycles. The van der Waals surface area contributed by atoms with Crippen LogP contribution >= 0.6 is 0 Å². The lowest BCUT2D eigenvalue weighted by Gasteiger charge is -2.43. The van der Waals surface area contributed by atoms with E-state index in [2.05, 4.69) is 25.2 Å². The number of aromatic nitrogens is 3. The molecule has 1 N–H and O–H groups in total. The Balaban J connectivity index is 1.35. The molecule has 2 aromatic heterocycles. The van der Waals surface area contributed by atoms with Gasteiger partial charge in [0.15, 0.2) is 0 Å². The molecule has 10 heteroatoms. The lowest BCUT2D eigenvalue weighted by Crippen LogP contribution is -2.52. The number of alkyl halides is 3. The van der Waals surface area contributed by atoms with Crippen molar-refractivity contribution in [2.24, 2.45) is 0 Å². The van der Waals surface area contributed by atoms with E-state index in [-0.39, 0.29) is 12.1 Å². The third kappa shape index (κ3) is 5.97. The van der Waals surface area contributed by atoms with Crippen LogP contribution < -0.4 is 10.1 Å². The van der Waals surface area contributed by atoms with E-state index >= 15 is 0 Å². The number of morpholine rings is 1. The van der Waals surface area contributed by atoms with E-state index in [1.54, 1.807) is 6.20 Å². The molecule has 35 heavy (non-hydrogen) atoms. The molecule has 2 aliphatic carbocycles. The molecule has 2 saturated carbocycles. The molecule has 192 valence electrons. The van der Waals surface area contributed by atoms with Gasteiger partial charge in [0.25, 0.3) is 0 Å². The van der Waals surface area contributed by atoms with Crippen LogP contribution in [0.1, 0.15) is 69.8 Å². The van der Waals surface area contributed by atoms with Crippen molar-refractivity contribution in [2.75, 3.05) is 31.6 Å². The molecule has 3 aliphatic rings. The van der Waals surface area contributed by atoms with Crippen molar-refractivity contribution < 1.29 is 22.6 Å². The van der Waals surface area contributed by atoms with Crippen molar-refractivity contribution >= 4 is 16.9 Å². The van der Waals surface area contributed by atoms with E-state index in [1.165, 1.54) is 13.3 Å². The van der Waals surface area contributed by atoms with Crippen molar-refractivity contribution in [3.63, 3.8) is 0 Å². The molecule has 1 atom stereocenters. The maximum absolute atomic E-state index is 12.8. The summed E-state index contributed by atoms with van der Waals surface area (Å²) >= 11 is 0. The Bertz CT molecular complexity index is 1000. The Morgan fingerprint density at radius 1 is 1.11 bits per heavy atom. The Morgan fingerprint density at radius 2 is 1.86 bits per heavy atom. The fourth-order valence-corrected chi connectivity index (χ4v) is 5.54. The quantitative estimate of drug-likeness (QED) is 0.578. The first-order valence-corrected chi connectivity index (χ1v) is 12.8. The number of pyridine rings is 1. The average molecular weight is 494 g/mol. The summed E-state index contributed by atoms with van der Waals surface area (Å²) < 4.78 is 50.2. The van der Waals surface area contributed by atoms with Crippen molar-refractivity contribution in [3.8, 4) is 5.88 Å². The van der Waals surface area contributed by atoms with Crippen molar-refractivity contribution in [1.82, 2.24) is 19.9 Å². The zero-order valence-corrected chi connectivity index (χ0v) is 20.2. The zero-order valence-electron chi connectivity index (χ0n) is 20.2. The van der Waals surface area contributed by atoms with E-state index < -0.39 is 18.6 Å². The molecule has 2 aromatic rings. The van der Waals surface area contributed by atoms with Gasteiger partial charge in [-0.25, -0.2) is 15.0 Å². The summed E-state index contributed by atoms with van der Waals surface area (Å²) in [6, 6.07) is -0.311. The Hall–Kier alpha value is -2.20. The van der Waals surface area contributed by atoms with Crippen LogP contribution in [0, 0.1) is 0 Å². The molecule has 5 rings (SSSR count). The highest BCUT2D eigenvalue weighted by Gasteiger charge is 2.36. The summed E-state index contributed by atoms with van der Waals surface area (Å²) in [7, 11) is 0. The van der Waals surface area contributed by atoms with Gasteiger partial charge in [-0.1, -0.05) is 19.3 Å². The van der Waals surface area contributed by atoms with Gasteiger partial charge in [0.1, 0.15) is 6.10 Å². The first-order valence-electron chi connectivity index (χ1n) is 12.8. The number of fused-ring (bicyclic) bond motifs is 1. The maximum Gasteiger partial charge on any atom is 0.391 e. The number of rotatable bonds is 7. The first-order chi connectivity index (χ1) is 16.9. The number of hydrogen-bond donors (Lipinski definition) is 1. The highest BCUT2D eigenvalue weighted by molar-refractivity contribution is 5.86. The highest BCUT2D eigenvalue weighted by Crippen LogP contribution is 2.39. The topological polar surface area (TPSA) is 72.4 Å². The molecule has 0 unspecified atom stereocenters. The van der Waals surface area contributed by atoms with Crippen LogP contribution in [0.4, 0.5) is 19.1 Å². The van der Waals surface area contributed by atoms with E-state index in [9.17, 15) is 13.2 Å². The second-order valence-corrected chi connectivity index (χ2v) is 10.2. The Labute approximate surface area is 203 Å². The maximum atomic E-state index is 12.8. The fourth-order valence-electron chi connectivity index (χ4n) is 5.54. The summed E-state index contributed by atoms with van der Waals surface area (Å²) in [5.41, 5.74) is 1.78. The van der Waals surface area contributed by atoms with Gasteiger partial charge in [0.2, 0.25) is 11.8 Å². The molecule has 1 saturated heterocycles. The predicted octanol–water partition coefficient (Wildman–Crippen LogP) is 5.07. The van der Waals surface area contributed by atoms with Gasteiger partial charge < -0.3 is 14.8 Å². The molecule has 3 fully saturated rings. The smallest absolute Gasteiger partial charge is 0.391 e. The van der Waals surface area contributed by atoms with Crippen LogP contribution in [0.2, 0.25) is 0 Å². The van der Waals surface area contributed by atoms with E-state index in [0.29, 0.717) is 17.8 Å². The predicted molar refractivity (Wildman–Crippen MR) is 127 cm³/mol. The standard InChI is InChI=1S/C25H34F3N5O2/c1-16(13-25(26,27)28)31-24-30-15-21-22(32-24)20(17-5-3-2-4-6-17)14-29-23(21)35-19-11-18(12-19)33-7-9-34-10-8-33/h14-19H,2-13H2,1H3,(H,30,31,32)/t16-,18?,19?/m0/s1. The highest BCUT2D eigenvalue weighted by atomic mass is 19.4. The number of nitrogens with zero attached hydrogens (tertiary/aromatic N) is 4. The minimum atomic E-state index is -4.25. The van der Waals surface area contributed by atoms with Gasteiger partial charge >= 0.3 is 6.18 Å². The van der Waals surface area contributed by atoms with E-state index in [4.69, 9.17) is 9.47 Å². The lowest BCUT2D eigenvalue weighted by molar-refractivity contribution is -0.136. The molecule has 0 aromatic carbocycles. The lowest BCUT2D eigenvalue weighted by atomic mass is 9.84. The number of ether oxygens (including phenoxy) is 2. The van der Waals surface area contributed by atoms with Crippen molar-refractivity contribution in [3.05, 3.63) is 18.0 Å². The first kappa shape index (κ1) is 24.5. The van der Waals surface area contributed by atoms with Crippen LogP contribution in [0.15, 0.2) is 12.4 Å². The average Bonchev–Trinajstić information content (AvgIpc) is 2.81. The minimum Gasteiger partial charge on any atom is -0.474 e. The summed E-state index contributed by atoms with van der Waals surface area (Å²) in [6.45, 7) is 4.99. The molecule has 0 bridgehead atoms. The largest absolute Gasteiger partial charge is 0.474 e. The van der Waals surface area contributed by atoms with Gasteiger partial charge in [-0.2, -0.15) is 13.2 Å². The van der Waals surface area contributed by atoms with Crippen LogP contribution in [0.25, 0.3) is 10.9 Å². The van der Waals surface area contributed by atoms with Gasteiger partial charge in [0.05, 0.1) is 30.5 Å². The summed E-state index contributed by atoms with van der Waals surface area (Å²) in [6.07, 6.45) is 5.99. The summed E-state index contributed by atoms with van der Waals surface area (Å²) in [5.74, 6) is 1.07. The monoisotopic (exact) mass is 493 g/mol.